The first-order valence-electron chi connectivity index (χ1n) is 8.94. The highest BCUT2D eigenvalue weighted by molar-refractivity contribution is 5.28. The van der Waals surface area contributed by atoms with E-state index in [2.05, 4.69) is 52.1 Å². The Labute approximate surface area is 151 Å². The molecular weight excluding hydrogens is 313 g/mol. The van der Waals surface area contributed by atoms with Crippen molar-refractivity contribution < 1.29 is 14.4 Å². The molecule has 136 valence electrons. The second-order valence-corrected chi connectivity index (χ2v) is 8.70. The molecule has 2 aromatic rings. The average Bonchev–Trinajstić information content (AvgIpc) is 2.51. The van der Waals surface area contributed by atoms with Crippen LogP contribution in [0.25, 0.3) is 0 Å². The highest BCUT2D eigenvalue weighted by Crippen LogP contribution is 2.24. The summed E-state index contributed by atoms with van der Waals surface area (Å²) in [6.07, 6.45) is 1.15. The van der Waals surface area contributed by atoms with E-state index in [1.807, 2.05) is 12.1 Å². The number of ether oxygens (including phenoxy) is 1. The summed E-state index contributed by atoms with van der Waals surface area (Å²) in [6.45, 7) is 12.8. The van der Waals surface area contributed by atoms with Crippen molar-refractivity contribution in [1.29, 1.82) is 0 Å². The summed E-state index contributed by atoms with van der Waals surface area (Å²) in [6, 6.07) is 14.6. The lowest BCUT2D eigenvalue weighted by atomic mass is 9.82. The number of rotatable bonds is 7. The third-order valence-electron chi connectivity index (χ3n) is 4.09. The van der Waals surface area contributed by atoms with Gasteiger partial charge in [0.1, 0.15) is 24.7 Å². The van der Waals surface area contributed by atoms with Crippen molar-refractivity contribution in [3.05, 3.63) is 65.5 Å². The van der Waals surface area contributed by atoms with Crippen LogP contribution in [0.15, 0.2) is 48.5 Å². The normalized spacial score (nSPS) is 12.2. The van der Waals surface area contributed by atoms with Crippen molar-refractivity contribution in [3.63, 3.8) is 0 Å². The van der Waals surface area contributed by atoms with E-state index in [4.69, 9.17) is 4.74 Å². The number of halogens is 1. The molecule has 0 saturated heterocycles. The first kappa shape index (κ1) is 19.5. The van der Waals surface area contributed by atoms with Gasteiger partial charge in [0.15, 0.2) is 0 Å². The Morgan fingerprint density at radius 3 is 2.24 bits per heavy atom. The lowest BCUT2D eigenvalue weighted by Crippen LogP contribution is -2.94. The van der Waals surface area contributed by atoms with Gasteiger partial charge in [0.05, 0.1) is 5.54 Å². The van der Waals surface area contributed by atoms with Crippen LogP contribution in [0.5, 0.6) is 5.75 Å². The molecule has 0 amide bonds. The molecule has 0 saturated carbocycles. The van der Waals surface area contributed by atoms with E-state index in [9.17, 15) is 4.39 Å². The second kappa shape index (κ2) is 8.01. The van der Waals surface area contributed by atoms with Crippen LogP contribution in [0.2, 0.25) is 0 Å². The fraction of sp³-hybridized carbons (Fsp3) is 0.455. The SMILES string of the molecule is CC(C)(C)CC(C)(C)[NH2+]Cc1cccc(OCc2ccc(F)cc2)c1. The molecule has 0 atom stereocenters. The van der Waals surface area contributed by atoms with Crippen LogP contribution in [0.3, 0.4) is 0 Å². The van der Waals surface area contributed by atoms with E-state index < -0.39 is 0 Å². The fourth-order valence-corrected chi connectivity index (χ4v) is 3.34. The van der Waals surface area contributed by atoms with Crippen molar-refractivity contribution in [2.24, 2.45) is 5.41 Å². The highest BCUT2D eigenvalue weighted by Gasteiger charge is 2.28. The molecule has 0 fully saturated rings. The molecule has 0 aliphatic carbocycles. The molecule has 2 aromatic carbocycles. The van der Waals surface area contributed by atoms with Crippen LogP contribution >= 0.6 is 0 Å². The first-order chi connectivity index (χ1) is 11.6. The highest BCUT2D eigenvalue weighted by atomic mass is 19.1. The van der Waals surface area contributed by atoms with Gasteiger partial charge >= 0.3 is 0 Å². The van der Waals surface area contributed by atoms with Crippen molar-refractivity contribution >= 4 is 0 Å². The van der Waals surface area contributed by atoms with E-state index >= 15 is 0 Å². The predicted octanol–water partition coefficient (Wildman–Crippen LogP) is 4.68. The molecule has 2 rings (SSSR count). The number of hydrogen-bond donors (Lipinski definition) is 1. The van der Waals surface area contributed by atoms with Gasteiger partial charge in [-0.2, -0.15) is 0 Å². The Bertz CT molecular complexity index is 671. The van der Waals surface area contributed by atoms with E-state index in [0.717, 1.165) is 24.3 Å². The quantitative estimate of drug-likeness (QED) is 0.775. The lowest BCUT2D eigenvalue weighted by Gasteiger charge is -2.30. The largest absolute Gasteiger partial charge is 0.489 e. The topological polar surface area (TPSA) is 25.8 Å². The molecule has 0 bridgehead atoms. The molecule has 0 heterocycles. The average molecular weight is 344 g/mol. The minimum atomic E-state index is -0.223. The van der Waals surface area contributed by atoms with Gasteiger partial charge in [0.2, 0.25) is 0 Å². The summed E-state index contributed by atoms with van der Waals surface area (Å²) in [5, 5.41) is 2.40. The summed E-state index contributed by atoms with van der Waals surface area (Å²) in [7, 11) is 0. The van der Waals surface area contributed by atoms with Gasteiger partial charge in [0, 0.05) is 12.0 Å². The first-order valence-corrected chi connectivity index (χ1v) is 8.94. The van der Waals surface area contributed by atoms with E-state index in [1.165, 1.54) is 17.7 Å². The monoisotopic (exact) mass is 344 g/mol. The molecule has 2 N–H and O–H groups in total. The molecule has 0 aliphatic heterocycles. The summed E-state index contributed by atoms with van der Waals surface area (Å²) < 4.78 is 18.8. The smallest absolute Gasteiger partial charge is 0.123 e. The Morgan fingerprint density at radius 2 is 1.60 bits per heavy atom. The maximum atomic E-state index is 12.9. The standard InChI is InChI=1S/C22H30FNO/c1-21(2,3)16-22(4,5)24-14-18-7-6-8-20(13-18)25-15-17-9-11-19(23)12-10-17/h6-13,24H,14-16H2,1-5H3/p+1. The number of hydrogen-bond acceptors (Lipinski definition) is 1. The lowest BCUT2D eigenvalue weighted by molar-refractivity contribution is -0.737. The molecule has 0 aliphatic rings. The zero-order valence-corrected chi connectivity index (χ0v) is 16.1. The summed E-state index contributed by atoms with van der Waals surface area (Å²) in [4.78, 5) is 0. The molecule has 3 heteroatoms. The van der Waals surface area contributed by atoms with Gasteiger partial charge in [-0.3, -0.25) is 0 Å². The summed E-state index contributed by atoms with van der Waals surface area (Å²) >= 11 is 0. The van der Waals surface area contributed by atoms with Crippen molar-refractivity contribution in [2.45, 2.75) is 59.7 Å². The second-order valence-electron chi connectivity index (χ2n) is 8.70. The maximum Gasteiger partial charge on any atom is 0.123 e. The number of quaternary nitrogens is 1. The molecule has 0 unspecified atom stereocenters. The molecule has 0 spiro atoms. The van der Waals surface area contributed by atoms with Crippen LogP contribution in [-0.2, 0) is 13.2 Å². The van der Waals surface area contributed by atoms with E-state index in [-0.39, 0.29) is 11.4 Å². The zero-order valence-electron chi connectivity index (χ0n) is 16.1. The third-order valence-corrected chi connectivity index (χ3v) is 4.09. The summed E-state index contributed by atoms with van der Waals surface area (Å²) in [5.74, 6) is 0.628. The van der Waals surface area contributed by atoms with Crippen LogP contribution in [0, 0.1) is 11.2 Å². The minimum absolute atomic E-state index is 0.198. The number of nitrogens with two attached hydrogens (primary N) is 1. The molecule has 0 radical (unpaired) electrons. The van der Waals surface area contributed by atoms with Gasteiger partial charge < -0.3 is 10.1 Å². The van der Waals surface area contributed by atoms with E-state index in [0.29, 0.717) is 12.0 Å². The fourth-order valence-electron chi connectivity index (χ4n) is 3.34. The Hall–Kier alpha value is -1.87. The minimum Gasteiger partial charge on any atom is -0.489 e. The van der Waals surface area contributed by atoms with Gasteiger partial charge in [-0.25, -0.2) is 4.39 Å². The molecule has 2 nitrogen and oxygen atoms in total. The predicted molar refractivity (Wildman–Crippen MR) is 101 cm³/mol. The van der Waals surface area contributed by atoms with Gasteiger partial charge in [-0.15, -0.1) is 0 Å². The van der Waals surface area contributed by atoms with Gasteiger partial charge in [0.25, 0.3) is 0 Å². The molecule has 25 heavy (non-hydrogen) atoms. The Balaban J connectivity index is 1.91. The zero-order chi connectivity index (χ0) is 18.5. The molecular formula is C22H31FNO+. The Morgan fingerprint density at radius 1 is 0.920 bits per heavy atom. The Kier molecular flexibility index (Phi) is 6.23. The maximum absolute atomic E-state index is 12.9. The van der Waals surface area contributed by atoms with Gasteiger partial charge in [-0.1, -0.05) is 45.0 Å². The van der Waals surface area contributed by atoms with Crippen LogP contribution < -0.4 is 10.1 Å². The third kappa shape index (κ3) is 7.27. The van der Waals surface area contributed by atoms with Crippen LogP contribution in [0.1, 0.15) is 52.2 Å². The number of benzene rings is 2. The van der Waals surface area contributed by atoms with Crippen molar-refractivity contribution in [1.82, 2.24) is 0 Å². The van der Waals surface area contributed by atoms with Gasteiger partial charge in [-0.05, 0) is 49.1 Å². The van der Waals surface area contributed by atoms with Crippen molar-refractivity contribution in [2.75, 3.05) is 0 Å². The van der Waals surface area contributed by atoms with E-state index in [1.54, 1.807) is 12.1 Å². The van der Waals surface area contributed by atoms with Crippen molar-refractivity contribution in [3.8, 4) is 5.75 Å². The molecule has 0 aromatic heterocycles. The van der Waals surface area contributed by atoms with Crippen LogP contribution in [-0.4, -0.2) is 5.54 Å². The summed E-state index contributed by atoms with van der Waals surface area (Å²) in [5.41, 5.74) is 2.73. The van der Waals surface area contributed by atoms with Crippen LogP contribution in [0.4, 0.5) is 4.39 Å².